The van der Waals surface area contributed by atoms with Gasteiger partial charge in [0.05, 0.1) is 0 Å². The molecule has 2 N–H and O–H groups in total. The summed E-state index contributed by atoms with van der Waals surface area (Å²) in [4.78, 5) is 34.2. The standard InChI is InChI=1S/C16H18FNO4/c17-9-13(16(21)22)18-15(20)7-6-14(19)12-5-4-10-2-1-3-11(10)8-12/h4-5,8,13H,1-3,6-7,9H2,(H,18,20)(H,21,22). The minimum Gasteiger partial charge on any atom is -0.480 e. The van der Waals surface area contributed by atoms with Crippen LogP contribution in [-0.4, -0.2) is 35.5 Å². The van der Waals surface area contributed by atoms with Crippen molar-refractivity contribution in [2.24, 2.45) is 0 Å². The number of hydrogen-bond acceptors (Lipinski definition) is 3. The van der Waals surface area contributed by atoms with E-state index < -0.39 is 24.6 Å². The van der Waals surface area contributed by atoms with Gasteiger partial charge >= 0.3 is 5.97 Å². The van der Waals surface area contributed by atoms with Gasteiger partial charge in [0.1, 0.15) is 6.67 Å². The van der Waals surface area contributed by atoms with Crippen molar-refractivity contribution in [3.8, 4) is 0 Å². The second-order valence-electron chi connectivity index (χ2n) is 5.37. The van der Waals surface area contributed by atoms with Crippen LogP contribution in [-0.2, 0) is 22.4 Å². The lowest BCUT2D eigenvalue weighted by Gasteiger charge is -2.10. The van der Waals surface area contributed by atoms with Crippen LogP contribution in [0.5, 0.6) is 0 Å². The van der Waals surface area contributed by atoms with Crippen LogP contribution < -0.4 is 5.32 Å². The zero-order chi connectivity index (χ0) is 16.1. The minimum absolute atomic E-state index is 0.0246. The number of rotatable bonds is 7. The number of nitrogens with one attached hydrogen (secondary N) is 1. The molecule has 0 aromatic heterocycles. The van der Waals surface area contributed by atoms with Crippen LogP contribution >= 0.6 is 0 Å². The summed E-state index contributed by atoms with van der Waals surface area (Å²) in [5, 5.41) is 10.7. The normalized spacial score (nSPS) is 14.2. The van der Waals surface area contributed by atoms with Crippen LogP contribution in [0.3, 0.4) is 0 Å². The lowest BCUT2D eigenvalue weighted by atomic mass is 10.0. The molecule has 0 heterocycles. The number of hydrogen-bond donors (Lipinski definition) is 2. The van der Waals surface area contributed by atoms with E-state index in [0.29, 0.717) is 5.56 Å². The molecule has 1 aliphatic rings. The molecule has 0 bridgehead atoms. The predicted molar refractivity (Wildman–Crippen MR) is 77.6 cm³/mol. The average Bonchev–Trinajstić information content (AvgIpc) is 2.97. The number of carboxylic acid groups (broad SMARTS) is 1. The molecule has 0 spiro atoms. The average molecular weight is 307 g/mol. The number of Topliss-reactive ketones (excluding diaryl/α,β-unsaturated/α-hetero) is 1. The van der Waals surface area contributed by atoms with E-state index in [2.05, 4.69) is 0 Å². The van der Waals surface area contributed by atoms with Gasteiger partial charge in [-0.05, 0) is 36.5 Å². The summed E-state index contributed by atoms with van der Waals surface area (Å²) >= 11 is 0. The van der Waals surface area contributed by atoms with Gasteiger partial charge < -0.3 is 10.4 Å². The predicted octanol–water partition coefficient (Wildman–Crippen LogP) is 1.68. The first kappa shape index (κ1) is 16.1. The maximum atomic E-state index is 12.4. The van der Waals surface area contributed by atoms with Gasteiger partial charge in [-0.1, -0.05) is 12.1 Å². The molecule has 1 aromatic carbocycles. The second-order valence-corrected chi connectivity index (χ2v) is 5.37. The Morgan fingerprint density at radius 1 is 1.18 bits per heavy atom. The largest absolute Gasteiger partial charge is 0.480 e. The summed E-state index contributed by atoms with van der Waals surface area (Å²) in [6.45, 7) is -1.18. The monoisotopic (exact) mass is 307 g/mol. The lowest BCUT2D eigenvalue weighted by Crippen LogP contribution is -2.42. The molecule has 5 nitrogen and oxygen atoms in total. The zero-order valence-electron chi connectivity index (χ0n) is 12.1. The number of amides is 1. The molecule has 2 rings (SSSR count). The molecule has 1 aliphatic carbocycles. The van der Waals surface area contributed by atoms with E-state index in [-0.39, 0.29) is 18.6 Å². The Labute approximate surface area is 127 Å². The smallest absolute Gasteiger partial charge is 0.328 e. The van der Waals surface area contributed by atoms with Crippen LogP contribution in [0.2, 0.25) is 0 Å². The highest BCUT2D eigenvalue weighted by molar-refractivity contribution is 5.98. The van der Waals surface area contributed by atoms with Gasteiger partial charge in [-0.3, -0.25) is 9.59 Å². The number of carboxylic acids is 1. The molecule has 0 aliphatic heterocycles. The van der Waals surface area contributed by atoms with Crippen molar-refractivity contribution >= 4 is 17.7 Å². The summed E-state index contributed by atoms with van der Waals surface area (Å²) in [6.07, 6.45) is 2.91. The molecule has 1 aromatic rings. The SMILES string of the molecule is O=C(CCC(=O)c1ccc2c(c1)CCC2)NC(CF)C(=O)O. The Bertz CT molecular complexity index is 600. The number of aliphatic carboxylic acids is 1. The van der Waals surface area contributed by atoms with E-state index in [9.17, 15) is 18.8 Å². The maximum absolute atomic E-state index is 12.4. The molecule has 6 heteroatoms. The van der Waals surface area contributed by atoms with Gasteiger partial charge in [-0.2, -0.15) is 0 Å². The number of benzene rings is 1. The zero-order valence-corrected chi connectivity index (χ0v) is 12.1. The van der Waals surface area contributed by atoms with Crippen molar-refractivity contribution in [1.29, 1.82) is 0 Å². The number of alkyl halides is 1. The first-order valence-electron chi connectivity index (χ1n) is 7.24. The highest BCUT2D eigenvalue weighted by Crippen LogP contribution is 2.23. The van der Waals surface area contributed by atoms with Crippen LogP contribution in [0.25, 0.3) is 0 Å². The van der Waals surface area contributed by atoms with E-state index in [4.69, 9.17) is 5.11 Å². The van der Waals surface area contributed by atoms with Crippen molar-refractivity contribution in [2.45, 2.75) is 38.1 Å². The minimum atomic E-state index is -1.55. The fourth-order valence-corrected chi connectivity index (χ4v) is 2.55. The molecular formula is C16H18FNO4. The van der Waals surface area contributed by atoms with Crippen molar-refractivity contribution in [3.63, 3.8) is 0 Å². The van der Waals surface area contributed by atoms with Gasteiger partial charge in [0.2, 0.25) is 5.91 Å². The maximum Gasteiger partial charge on any atom is 0.328 e. The summed E-state index contributed by atoms with van der Waals surface area (Å²) in [5.74, 6) is -2.24. The Morgan fingerprint density at radius 2 is 1.91 bits per heavy atom. The van der Waals surface area contributed by atoms with Crippen LogP contribution in [0, 0.1) is 0 Å². The number of aryl methyl sites for hydroxylation is 2. The quantitative estimate of drug-likeness (QED) is 0.751. The van der Waals surface area contributed by atoms with E-state index in [1.807, 2.05) is 17.4 Å². The molecular weight excluding hydrogens is 289 g/mol. The third kappa shape index (κ3) is 3.90. The molecule has 118 valence electrons. The summed E-state index contributed by atoms with van der Waals surface area (Å²) in [6, 6.07) is 4.01. The Hall–Kier alpha value is -2.24. The molecule has 1 unspecified atom stereocenters. The summed E-state index contributed by atoms with van der Waals surface area (Å²) < 4.78 is 12.4. The van der Waals surface area contributed by atoms with Gasteiger partial charge in [0.15, 0.2) is 11.8 Å². The summed E-state index contributed by atoms with van der Waals surface area (Å²) in [5.41, 5.74) is 3.01. The van der Waals surface area contributed by atoms with Gasteiger partial charge in [0, 0.05) is 18.4 Å². The molecule has 1 amide bonds. The highest BCUT2D eigenvalue weighted by atomic mass is 19.1. The van der Waals surface area contributed by atoms with Gasteiger partial charge in [-0.25, -0.2) is 9.18 Å². The van der Waals surface area contributed by atoms with Crippen molar-refractivity contribution in [3.05, 3.63) is 34.9 Å². The molecule has 1 atom stereocenters. The molecule has 0 saturated carbocycles. The third-order valence-corrected chi connectivity index (χ3v) is 3.79. The van der Waals surface area contributed by atoms with Crippen molar-refractivity contribution in [1.82, 2.24) is 5.32 Å². The molecule has 0 radical (unpaired) electrons. The molecule has 22 heavy (non-hydrogen) atoms. The Morgan fingerprint density at radius 3 is 2.59 bits per heavy atom. The fraction of sp³-hybridized carbons (Fsp3) is 0.438. The van der Waals surface area contributed by atoms with Crippen LogP contribution in [0.15, 0.2) is 18.2 Å². The Balaban J connectivity index is 1.87. The first-order valence-corrected chi connectivity index (χ1v) is 7.24. The fourth-order valence-electron chi connectivity index (χ4n) is 2.55. The van der Waals surface area contributed by atoms with E-state index in [0.717, 1.165) is 19.3 Å². The first-order chi connectivity index (χ1) is 10.5. The number of carbonyl (C=O) groups is 3. The number of carbonyl (C=O) groups excluding carboxylic acids is 2. The van der Waals surface area contributed by atoms with E-state index in [1.165, 1.54) is 11.1 Å². The second kappa shape index (κ2) is 7.15. The van der Waals surface area contributed by atoms with E-state index >= 15 is 0 Å². The third-order valence-electron chi connectivity index (χ3n) is 3.79. The van der Waals surface area contributed by atoms with E-state index in [1.54, 1.807) is 6.07 Å². The van der Waals surface area contributed by atoms with Crippen LogP contribution in [0.1, 0.15) is 40.7 Å². The summed E-state index contributed by atoms with van der Waals surface area (Å²) in [7, 11) is 0. The van der Waals surface area contributed by atoms with Gasteiger partial charge in [-0.15, -0.1) is 0 Å². The highest BCUT2D eigenvalue weighted by Gasteiger charge is 2.20. The van der Waals surface area contributed by atoms with Crippen molar-refractivity contribution in [2.75, 3.05) is 6.67 Å². The Kier molecular flexibility index (Phi) is 5.25. The molecule has 0 fully saturated rings. The number of fused-ring (bicyclic) bond motifs is 1. The van der Waals surface area contributed by atoms with Crippen LogP contribution in [0.4, 0.5) is 4.39 Å². The molecule has 0 saturated heterocycles. The topological polar surface area (TPSA) is 83.5 Å². The number of halogens is 1. The van der Waals surface area contributed by atoms with Gasteiger partial charge in [0.25, 0.3) is 0 Å². The number of ketones is 1. The van der Waals surface area contributed by atoms with Crippen molar-refractivity contribution < 1.29 is 23.9 Å². The lowest BCUT2D eigenvalue weighted by molar-refractivity contribution is -0.142.